The minimum Gasteiger partial charge on any atom is -0.382 e. The molecule has 0 aliphatic rings. The Hall–Kier alpha value is -4.99. The number of nitrogens with two attached hydrogens (primary N) is 1. The summed E-state index contributed by atoms with van der Waals surface area (Å²) in [5, 5.41) is 9.60. The van der Waals surface area contributed by atoms with Crippen molar-refractivity contribution >= 4 is 17.4 Å². The fourth-order valence-electron chi connectivity index (χ4n) is 3.87. The van der Waals surface area contributed by atoms with Crippen LogP contribution in [0, 0.1) is 6.92 Å². The van der Waals surface area contributed by atoms with Crippen LogP contribution in [0.2, 0.25) is 0 Å². The molecule has 0 unspecified atom stereocenters. The molecule has 2 aromatic carbocycles. The Balaban J connectivity index is 1.41. The molecule has 35 heavy (non-hydrogen) atoms. The lowest BCUT2D eigenvalue weighted by atomic mass is 10.1. The number of aromatic amines is 1. The zero-order valence-electron chi connectivity index (χ0n) is 19.1. The van der Waals surface area contributed by atoms with Crippen molar-refractivity contribution in [2.45, 2.75) is 6.92 Å². The van der Waals surface area contributed by atoms with E-state index < -0.39 is 5.91 Å². The normalized spacial score (nSPS) is 10.9. The van der Waals surface area contributed by atoms with E-state index in [1.165, 1.54) is 4.68 Å². The molecule has 4 N–H and O–H groups in total. The molecule has 1 amide bonds. The zero-order chi connectivity index (χ0) is 24.5. The number of anilines is 2. The first-order valence-corrected chi connectivity index (χ1v) is 10.8. The molecule has 0 aliphatic carbocycles. The highest BCUT2D eigenvalue weighted by atomic mass is 16.2. The number of H-pyrrole nitrogens is 1. The number of nitrogens with zero attached hydrogens (tertiary/aromatic N) is 5. The number of amides is 1. The minimum atomic E-state index is -0.480. The Labute approximate surface area is 200 Å². The van der Waals surface area contributed by atoms with Crippen molar-refractivity contribution in [2.24, 2.45) is 7.05 Å². The monoisotopic (exact) mass is 466 g/mol. The van der Waals surface area contributed by atoms with Crippen LogP contribution in [0.5, 0.6) is 0 Å². The van der Waals surface area contributed by atoms with Crippen molar-refractivity contribution in [2.75, 3.05) is 11.1 Å². The molecule has 0 bridgehead atoms. The van der Waals surface area contributed by atoms with Crippen LogP contribution in [0.3, 0.4) is 0 Å². The number of nitrogen functional groups attached to an aromatic ring is 1. The van der Waals surface area contributed by atoms with Gasteiger partial charge in [0.15, 0.2) is 0 Å². The molecular formula is C25H22N8O2. The fraction of sp³-hybridized carbons (Fsp3) is 0.0800. The summed E-state index contributed by atoms with van der Waals surface area (Å²) in [5.41, 5.74) is 10.1. The maximum Gasteiger partial charge on any atom is 0.284 e. The summed E-state index contributed by atoms with van der Waals surface area (Å²) in [7, 11) is 1.75. The third-order valence-corrected chi connectivity index (χ3v) is 5.77. The number of aromatic nitrogens is 6. The van der Waals surface area contributed by atoms with E-state index in [4.69, 9.17) is 5.73 Å². The van der Waals surface area contributed by atoms with Crippen LogP contribution in [0.1, 0.15) is 16.1 Å². The van der Waals surface area contributed by atoms with Gasteiger partial charge in [-0.1, -0.05) is 30.3 Å². The molecule has 174 valence electrons. The maximum absolute atomic E-state index is 13.1. The second kappa shape index (κ2) is 8.75. The lowest BCUT2D eigenvalue weighted by Gasteiger charge is -2.08. The number of carbonyl (C=O) groups is 1. The van der Waals surface area contributed by atoms with Crippen LogP contribution in [0.15, 0.2) is 77.9 Å². The first-order valence-electron chi connectivity index (χ1n) is 10.8. The van der Waals surface area contributed by atoms with Gasteiger partial charge in [0, 0.05) is 24.5 Å². The number of hydrogen-bond donors (Lipinski definition) is 3. The molecule has 0 saturated heterocycles. The van der Waals surface area contributed by atoms with Gasteiger partial charge >= 0.3 is 0 Å². The number of carbonyl (C=O) groups excluding carboxylic acids is 1. The highest BCUT2D eigenvalue weighted by molar-refractivity contribution is 6.05. The van der Waals surface area contributed by atoms with Gasteiger partial charge < -0.3 is 11.1 Å². The number of nitrogens with one attached hydrogen (secondary N) is 2. The van der Waals surface area contributed by atoms with Crippen LogP contribution in [-0.2, 0) is 7.05 Å². The molecule has 0 fully saturated rings. The Morgan fingerprint density at radius 3 is 2.49 bits per heavy atom. The van der Waals surface area contributed by atoms with Gasteiger partial charge in [-0.25, -0.2) is 14.6 Å². The molecule has 3 heterocycles. The molecule has 0 saturated carbocycles. The van der Waals surface area contributed by atoms with E-state index in [0.29, 0.717) is 28.5 Å². The van der Waals surface area contributed by atoms with Crippen LogP contribution in [0.4, 0.5) is 11.5 Å². The van der Waals surface area contributed by atoms with E-state index in [1.54, 1.807) is 61.4 Å². The molecule has 3 aromatic heterocycles. The first-order chi connectivity index (χ1) is 16.9. The van der Waals surface area contributed by atoms with E-state index in [0.717, 1.165) is 11.3 Å². The van der Waals surface area contributed by atoms with Crippen molar-refractivity contribution in [3.63, 3.8) is 0 Å². The summed E-state index contributed by atoms with van der Waals surface area (Å²) in [4.78, 5) is 35.0. The smallest absolute Gasteiger partial charge is 0.284 e. The second-order valence-corrected chi connectivity index (χ2v) is 7.93. The third kappa shape index (κ3) is 3.97. The second-order valence-electron chi connectivity index (χ2n) is 7.93. The summed E-state index contributed by atoms with van der Waals surface area (Å²) in [5.74, 6) is -0.197. The average molecular weight is 467 g/mol. The standard InChI is InChI=1S/C25H22N8O2/c1-15-21(25(35)33(32(15)2)18-6-4-3-5-7-18)24(34)29-17-10-8-16(9-11-17)22-23(26)27-14-20(30-22)19-12-13-28-31-19/h3-14H,1-2H3,(H2,26,27)(H,28,31)(H,29,34). The van der Waals surface area contributed by atoms with Crippen molar-refractivity contribution < 1.29 is 4.79 Å². The lowest BCUT2D eigenvalue weighted by Crippen LogP contribution is -2.25. The molecule has 5 rings (SSSR count). The SMILES string of the molecule is Cc1c(C(=O)Nc2ccc(-c3nc(-c4ccn[nH]4)cnc3N)cc2)c(=O)n(-c2ccccc2)n1C. The Bertz CT molecular complexity index is 1570. The Morgan fingerprint density at radius 2 is 1.80 bits per heavy atom. The summed E-state index contributed by atoms with van der Waals surface area (Å²) < 4.78 is 3.14. The van der Waals surface area contributed by atoms with Crippen molar-refractivity contribution in [1.29, 1.82) is 0 Å². The first kappa shape index (κ1) is 21.8. The number of para-hydroxylation sites is 1. The summed E-state index contributed by atoms with van der Waals surface area (Å²) in [6.45, 7) is 1.74. The zero-order valence-corrected chi connectivity index (χ0v) is 19.1. The van der Waals surface area contributed by atoms with Crippen LogP contribution >= 0.6 is 0 Å². The highest BCUT2D eigenvalue weighted by Crippen LogP contribution is 2.26. The molecule has 0 aliphatic heterocycles. The van der Waals surface area contributed by atoms with Crippen LogP contribution in [0.25, 0.3) is 28.3 Å². The molecule has 10 nitrogen and oxygen atoms in total. The van der Waals surface area contributed by atoms with E-state index in [1.807, 2.05) is 30.3 Å². The quantitative estimate of drug-likeness (QED) is 0.364. The molecule has 0 atom stereocenters. The van der Waals surface area contributed by atoms with E-state index in [2.05, 4.69) is 25.5 Å². The summed E-state index contributed by atoms with van der Waals surface area (Å²) in [6, 6.07) is 18.0. The Morgan fingerprint density at radius 1 is 1.06 bits per heavy atom. The number of rotatable bonds is 5. The van der Waals surface area contributed by atoms with Crippen molar-refractivity contribution in [3.8, 4) is 28.3 Å². The minimum absolute atomic E-state index is 0.0859. The number of benzene rings is 2. The Kier molecular flexibility index (Phi) is 5.46. The van der Waals surface area contributed by atoms with Gasteiger partial charge in [0.05, 0.1) is 23.3 Å². The van der Waals surface area contributed by atoms with Gasteiger partial charge in [0.25, 0.3) is 11.5 Å². The predicted octanol–water partition coefficient (Wildman–Crippen LogP) is 3.17. The molecule has 10 heteroatoms. The van der Waals surface area contributed by atoms with Gasteiger partial charge in [-0.05, 0) is 37.3 Å². The van der Waals surface area contributed by atoms with Crippen molar-refractivity contribution in [3.05, 3.63) is 94.7 Å². The van der Waals surface area contributed by atoms with Crippen molar-refractivity contribution in [1.82, 2.24) is 29.5 Å². The van der Waals surface area contributed by atoms with Gasteiger partial charge in [-0.15, -0.1) is 0 Å². The highest BCUT2D eigenvalue weighted by Gasteiger charge is 2.22. The molecule has 5 aromatic rings. The molecule has 0 radical (unpaired) electrons. The van der Waals surface area contributed by atoms with E-state index in [9.17, 15) is 9.59 Å². The van der Waals surface area contributed by atoms with Gasteiger partial charge in [0.2, 0.25) is 0 Å². The van der Waals surface area contributed by atoms with Gasteiger partial charge in [-0.2, -0.15) is 5.10 Å². The average Bonchev–Trinajstić information content (AvgIpc) is 3.48. The van der Waals surface area contributed by atoms with E-state index >= 15 is 0 Å². The maximum atomic E-state index is 13.1. The number of hydrogen-bond acceptors (Lipinski definition) is 6. The van der Waals surface area contributed by atoms with Crippen LogP contribution in [-0.4, -0.2) is 35.4 Å². The largest absolute Gasteiger partial charge is 0.382 e. The predicted molar refractivity (Wildman–Crippen MR) is 133 cm³/mol. The topological polar surface area (TPSA) is 137 Å². The van der Waals surface area contributed by atoms with Crippen LogP contribution < -0.4 is 16.6 Å². The van der Waals surface area contributed by atoms with Gasteiger partial charge in [-0.3, -0.25) is 19.4 Å². The summed E-state index contributed by atoms with van der Waals surface area (Å²) in [6.07, 6.45) is 3.21. The lowest BCUT2D eigenvalue weighted by molar-refractivity contribution is 0.102. The molecular weight excluding hydrogens is 444 g/mol. The molecule has 0 spiro atoms. The summed E-state index contributed by atoms with van der Waals surface area (Å²) >= 11 is 0. The fourth-order valence-corrected chi connectivity index (χ4v) is 3.87. The third-order valence-electron chi connectivity index (χ3n) is 5.77. The van der Waals surface area contributed by atoms with Gasteiger partial charge in [0.1, 0.15) is 22.8 Å². The van der Waals surface area contributed by atoms with E-state index in [-0.39, 0.29) is 16.9 Å².